The summed E-state index contributed by atoms with van der Waals surface area (Å²) in [5.74, 6) is 1.26. The molecule has 0 atom stereocenters. The van der Waals surface area contributed by atoms with E-state index in [9.17, 15) is 4.79 Å². The molecule has 6 nitrogen and oxygen atoms in total. The number of nitrogens with zero attached hydrogens (tertiary/aromatic N) is 4. The maximum absolute atomic E-state index is 12.8. The summed E-state index contributed by atoms with van der Waals surface area (Å²) in [6.07, 6.45) is 1.74. The number of amides is 1. The number of carbonyl (C=O) groups is 1. The van der Waals surface area contributed by atoms with Crippen molar-refractivity contribution in [2.45, 2.75) is 18.8 Å². The van der Waals surface area contributed by atoms with Crippen molar-refractivity contribution >= 4 is 41.1 Å². The molecule has 4 rings (SSSR count). The first-order valence-electron chi connectivity index (χ1n) is 8.65. The third kappa shape index (κ3) is 3.69. The van der Waals surface area contributed by atoms with E-state index in [-0.39, 0.29) is 5.91 Å². The van der Waals surface area contributed by atoms with Crippen LogP contribution in [0.15, 0.2) is 29.6 Å². The molecule has 27 heavy (non-hydrogen) atoms. The van der Waals surface area contributed by atoms with Crippen molar-refractivity contribution < 1.29 is 4.79 Å². The molecule has 0 saturated carbocycles. The zero-order chi connectivity index (χ0) is 19.0. The molecule has 1 fully saturated rings. The molecule has 140 valence electrons. The van der Waals surface area contributed by atoms with Crippen LogP contribution < -0.4 is 0 Å². The van der Waals surface area contributed by atoms with Crippen LogP contribution in [0.5, 0.6) is 0 Å². The number of rotatable bonds is 3. The number of thiazole rings is 1. The highest BCUT2D eigenvalue weighted by Crippen LogP contribution is 2.29. The van der Waals surface area contributed by atoms with Crippen molar-refractivity contribution in [1.29, 1.82) is 0 Å². The molecule has 9 heteroatoms. The number of nitrogens with one attached hydrogen (secondary N) is 1. The van der Waals surface area contributed by atoms with Gasteiger partial charge in [-0.15, -0.1) is 11.3 Å². The van der Waals surface area contributed by atoms with Crippen LogP contribution in [0.25, 0.3) is 10.6 Å². The highest BCUT2D eigenvalue weighted by Gasteiger charge is 2.28. The maximum atomic E-state index is 12.8. The van der Waals surface area contributed by atoms with Crippen molar-refractivity contribution in [2.24, 2.45) is 7.05 Å². The van der Waals surface area contributed by atoms with Crippen LogP contribution in [0.4, 0.5) is 0 Å². The van der Waals surface area contributed by atoms with Crippen molar-refractivity contribution in [1.82, 2.24) is 24.6 Å². The van der Waals surface area contributed by atoms with Crippen LogP contribution in [0, 0.1) is 4.77 Å². The Balaban J connectivity index is 1.43. The van der Waals surface area contributed by atoms with E-state index < -0.39 is 0 Å². The lowest BCUT2D eigenvalue weighted by atomic mass is 9.96. The number of piperidine rings is 1. The van der Waals surface area contributed by atoms with E-state index in [0.29, 0.717) is 34.5 Å². The minimum absolute atomic E-state index is 0.0136. The van der Waals surface area contributed by atoms with Crippen molar-refractivity contribution in [3.8, 4) is 10.6 Å². The van der Waals surface area contributed by atoms with Gasteiger partial charge in [-0.2, -0.15) is 5.10 Å². The van der Waals surface area contributed by atoms with E-state index in [1.807, 2.05) is 46.2 Å². The molecule has 1 saturated heterocycles. The molecule has 0 radical (unpaired) electrons. The number of halogens is 1. The van der Waals surface area contributed by atoms with Crippen molar-refractivity contribution in [2.75, 3.05) is 13.1 Å². The van der Waals surface area contributed by atoms with Crippen LogP contribution in [-0.2, 0) is 7.05 Å². The Morgan fingerprint density at radius 3 is 2.63 bits per heavy atom. The molecule has 1 aliphatic heterocycles. The fourth-order valence-electron chi connectivity index (χ4n) is 3.32. The molecule has 0 unspecified atom stereocenters. The van der Waals surface area contributed by atoms with E-state index in [2.05, 4.69) is 15.2 Å². The van der Waals surface area contributed by atoms with Gasteiger partial charge in [0.25, 0.3) is 5.91 Å². The maximum Gasteiger partial charge on any atom is 0.273 e. The third-order valence-corrected chi connectivity index (χ3v) is 6.38. The summed E-state index contributed by atoms with van der Waals surface area (Å²) < 4.78 is 2.54. The van der Waals surface area contributed by atoms with E-state index in [0.717, 1.165) is 29.2 Å². The van der Waals surface area contributed by atoms with Gasteiger partial charge >= 0.3 is 0 Å². The number of carbonyl (C=O) groups excluding carboxylic acids is 1. The van der Waals surface area contributed by atoms with Gasteiger partial charge in [0.1, 0.15) is 16.5 Å². The number of aromatic nitrogens is 4. The molecule has 1 amide bonds. The quantitative estimate of drug-likeness (QED) is 0.643. The van der Waals surface area contributed by atoms with Gasteiger partial charge in [0, 0.05) is 42.0 Å². The second-order valence-electron chi connectivity index (χ2n) is 6.56. The van der Waals surface area contributed by atoms with Crippen molar-refractivity contribution in [3.05, 3.63) is 51.0 Å². The minimum atomic E-state index is -0.0136. The Kier molecular flexibility index (Phi) is 5.12. The lowest BCUT2D eigenvalue weighted by Gasteiger charge is -2.31. The van der Waals surface area contributed by atoms with Gasteiger partial charge in [0.05, 0.1) is 0 Å². The SMILES string of the molecule is Cn1c(C2CCN(C(=O)c3csc(-c4ccc(Cl)cc4)n3)CC2)n[nH]c1=S. The number of hydrogen-bond acceptors (Lipinski definition) is 5. The van der Waals surface area contributed by atoms with Crippen LogP contribution in [0.3, 0.4) is 0 Å². The molecule has 3 heterocycles. The van der Waals surface area contributed by atoms with Crippen LogP contribution >= 0.6 is 35.2 Å². The first kappa shape index (κ1) is 18.3. The van der Waals surface area contributed by atoms with Crippen LogP contribution in [0.1, 0.15) is 35.1 Å². The summed E-state index contributed by atoms with van der Waals surface area (Å²) in [7, 11) is 1.92. The molecule has 2 aromatic heterocycles. The van der Waals surface area contributed by atoms with Gasteiger partial charge < -0.3 is 9.47 Å². The highest BCUT2D eigenvalue weighted by atomic mass is 35.5. The van der Waals surface area contributed by atoms with Gasteiger partial charge in [-0.1, -0.05) is 23.7 Å². The van der Waals surface area contributed by atoms with Gasteiger partial charge in [0.2, 0.25) is 0 Å². The summed E-state index contributed by atoms with van der Waals surface area (Å²) >= 11 is 12.6. The van der Waals surface area contributed by atoms with Crippen LogP contribution in [-0.4, -0.2) is 43.6 Å². The predicted octanol–water partition coefficient (Wildman–Crippen LogP) is 4.27. The zero-order valence-electron chi connectivity index (χ0n) is 14.7. The van der Waals surface area contributed by atoms with E-state index >= 15 is 0 Å². The Labute approximate surface area is 170 Å². The molecule has 1 N–H and O–H groups in total. The normalized spacial score (nSPS) is 15.3. The summed E-state index contributed by atoms with van der Waals surface area (Å²) in [5.41, 5.74) is 1.47. The predicted molar refractivity (Wildman–Crippen MR) is 109 cm³/mol. The summed E-state index contributed by atoms with van der Waals surface area (Å²) in [6, 6.07) is 7.48. The molecule has 1 aromatic carbocycles. The fraction of sp³-hybridized carbons (Fsp3) is 0.333. The first-order valence-corrected chi connectivity index (χ1v) is 10.3. The first-order chi connectivity index (χ1) is 13.0. The summed E-state index contributed by atoms with van der Waals surface area (Å²) in [6.45, 7) is 1.38. The number of benzene rings is 1. The van der Waals surface area contributed by atoms with Gasteiger partial charge in [-0.25, -0.2) is 4.98 Å². The standard InChI is InChI=1S/C18H18ClN5OS2/c1-23-15(21-22-18(23)26)11-6-8-24(9-7-11)17(25)14-10-27-16(20-14)12-2-4-13(19)5-3-12/h2-5,10-11H,6-9H2,1H3,(H,22,26). The number of aromatic amines is 1. The average molecular weight is 420 g/mol. The molecule has 0 aliphatic carbocycles. The molecule has 1 aliphatic rings. The largest absolute Gasteiger partial charge is 0.337 e. The third-order valence-electron chi connectivity index (χ3n) is 4.88. The minimum Gasteiger partial charge on any atom is -0.337 e. The van der Waals surface area contributed by atoms with Crippen molar-refractivity contribution in [3.63, 3.8) is 0 Å². The Morgan fingerprint density at radius 2 is 2.00 bits per heavy atom. The number of hydrogen-bond donors (Lipinski definition) is 1. The van der Waals surface area contributed by atoms with E-state index in [4.69, 9.17) is 23.8 Å². The second kappa shape index (κ2) is 7.53. The average Bonchev–Trinajstić information content (AvgIpc) is 3.30. The molecule has 0 bridgehead atoms. The molecule has 3 aromatic rings. The summed E-state index contributed by atoms with van der Waals surface area (Å²) in [5, 5.41) is 10.5. The Morgan fingerprint density at radius 1 is 1.30 bits per heavy atom. The van der Waals surface area contributed by atoms with Gasteiger partial charge in [-0.05, 0) is 37.2 Å². The Bertz CT molecular complexity index is 1020. The molecule has 0 spiro atoms. The zero-order valence-corrected chi connectivity index (χ0v) is 17.1. The highest BCUT2D eigenvalue weighted by molar-refractivity contribution is 7.71. The fourth-order valence-corrected chi connectivity index (χ4v) is 4.39. The van der Waals surface area contributed by atoms with E-state index in [1.165, 1.54) is 11.3 Å². The number of likely N-dealkylation sites (tertiary alicyclic amines) is 1. The van der Waals surface area contributed by atoms with E-state index in [1.54, 1.807) is 0 Å². The molecular formula is C18H18ClN5OS2. The smallest absolute Gasteiger partial charge is 0.273 e. The van der Waals surface area contributed by atoms with Gasteiger partial charge in [-0.3, -0.25) is 9.89 Å². The van der Waals surface area contributed by atoms with Crippen LogP contribution in [0.2, 0.25) is 5.02 Å². The summed E-state index contributed by atoms with van der Waals surface area (Å²) in [4.78, 5) is 19.2. The molecular weight excluding hydrogens is 402 g/mol. The second-order valence-corrected chi connectivity index (χ2v) is 8.24. The Hall–Kier alpha value is -2.03. The topological polar surface area (TPSA) is 66.8 Å². The van der Waals surface area contributed by atoms with Gasteiger partial charge in [0.15, 0.2) is 4.77 Å². The lowest BCUT2D eigenvalue weighted by molar-refractivity contribution is 0.0705. The lowest BCUT2D eigenvalue weighted by Crippen LogP contribution is -2.38. The number of H-pyrrole nitrogens is 1. The monoisotopic (exact) mass is 419 g/mol.